The van der Waals surface area contributed by atoms with Gasteiger partial charge in [0.1, 0.15) is 11.6 Å². The lowest BCUT2D eigenvalue weighted by Crippen LogP contribution is -2.12. The SMILES string of the molecule is CCCCC(CC)CC(=O)C(C#N)=C(c1ccccc1)c1ccc2ccccc2c1. The average Bonchev–Trinajstić information content (AvgIpc) is 2.80. The third-order valence-electron chi connectivity index (χ3n) is 5.76. The molecule has 0 amide bonds. The van der Waals surface area contributed by atoms with Gasteiger partial charge in [-0.3, -0.25) is 4.79 Å². The molecule has 3 aromatic rings. The molecule has 3 rings (SSSR count). The summed E-state index contributed by atoms with van der Waals surface area (Å²) in [6.45, 7) is 4.30. The Kier molecular flexibility index (Phi) is 7.57. The fourth-order valence-electron chi connectivity index (χ4n) is 3.97. The second kappa shape index (κ2) is 10.6. The number of allylic oxidation sites excluding steroid dienone is 1. The molecule has 0 N–H and O–H groups in total. The van der Waals surface area contributed by atoms with E-state index in [9.17, 15) is 10.1 Å². The van der Waals surface area contributed by atoms with Crippen LogP contribution in [0.15, 0.2) is 78.4 Å². The van der Waals surface area contributed by atoms with Gasteiger partial charge in [-0.15, -0.1) is 0 Å². The summed E-state index contributed by atoms with van der Waals surface area (Å²) in [4.78, 5) is 13.3. The number of unbranched alkanes of at least 4 members (excludes halogenated alkanes) is 1. The van der Waals surface area contributed by atoms with Crippen LogP contribution in [0.5, 0.6) is 0 Å². The highest BCUT2D eigenvalue weighted by molar-refractivity contribution is 6.09. The molecule has 0 saturated heterocycles. The first-order valence-corrected chi connectivity index (χ1v) is 10.9. The first kappa shape index (κ1) is 21.5. The van der Waals surface area contributed by atoms with Gasteiger partial charge in [0.05, 0.1) is 0 Å². The van der Waals surface area contributed by atoms with Crippen LogP contribution in [-0.4, -0.2) is 5.78 Å². The van der Waals surface area contributed by atoms with Crippen LogP contribution in [0, 0.1) is 17.2 Å². The Labute approximate surface area is 179 Å². The highest BCUT2D eigenvalue weighted by Gasteiger charge is 2.21. The molecule has 1 unspecified atom stereocenters. The number of nitrogens with zero attached hydrogens (tertiary/aromatic N) is 1. The van der Waals surface area contributed by atoms with Crippen molar-refractivity contribution in [1.29, 1.82) is 5.26 Å². The summed E-state index contributed by atoms with van der Waals surface area (Å²) in [6.07, 6.45) is 4.67. The van der Waals surface area contributed by atoms with Crippen LogP contribution in [0.25, 0.3) is 16.3 Å². The smallest absolute Gasteiger partial charge is 0.174 e. The Bertz CT molecular complexity index is 1070. The number of benzene rings is 3. The third kappa shape index (κ3) is 5.05. The van der Waals surface area contributed by atoms with Crippen molar-refractivity contribution in [2.24, 2.45) is 5.92 Å². The van der Waals surface area contributed by atoms with Gasteiger partial charge in [-0.25, -0.2) is 0 Å². The summed E-state index contributed by atoms with van der Waals surface area (Å²) in [5.41, 5.74) is 2.82. The molecule has 0 aliphatic rings. The van der Waals surface area contributed by atoms with Crippen molar-refractivity contribution in [1.82, 2.24) is 0 Å². The second-order valence-corrected chi connectivity index (χ2v) is 7.83. The second-order valence-electron chi connectivity index (χ2n) is 7.83. The molecule has 0 aliphatic carbocycles. The molecule has 2 nitrogen and oxygen atoms in total. The van der Waals surface area contributed by atoms with Gasteiger partial charge in [0.15, 0.2) is 5.78 Å². The van der Waals surface area contributed by atoms with Crippen LogP contribution in [0.3, 0.4) is 0 Å². The molecule has 0 bridgehead atoms. The number of Topliss-reactive ketones (excluding diaryl/α,β-unsaturated/α-hetero) is 1. The predicted molar refractivity (Wildman–Crippen MR) is 125 cm³/mol. The average molecular weight is 396 g/mol. The maximum Gasteiger partial charge on any atom is 0.174 e. The van der Waals surface area contributed by atoms with Gasteiger partial charge in [0.25, 0.3) is 0 Å². The van der Waals surface area contributed by atoms with E-state index in [1.807, 2.05) is 48.5 Å². The summed E-state index contributed by atoms with van der Waals surface area (Å²) in [7, 11) is 0. The van der Waals surface area contributed by atoms with Gasteiger partial charge < -0.3 is 0 Å². The molecule has 1 atom stereocenters. The Morgan fingerprint density at radius 3 is 2.27 bits per heavy atom. The van der Waals surface area contributed by atoms with Gasteiger partial charge in [0, 0.05) is 12.0 Å². The minimum absolute atomic E-state index is 0.0486. The summed E-state index contributed by atoms with van der Waals surface area (Å²) in [5, 5.41) is 12.3. The zero-order chi connectivity index (χ0) is 21.3. The molecule has 0 aliphatic heterocycles. The molecule has 0 aromatic heterocycles. The minimum atomic E-state index is -0.0486. The maximum absolute atomic E-state index is 13.3. The number of carbonyl (C=O) groups excluding carboxylic acids is 1. The quantitative estimate of drug-likeness (QED) is 0.281. The van der Waals surface area contributed by atoms with E-state index in [1.165, 1.54) is 0 Å². The lowest BCUT2D eigenvalue weighted by Gasteiger charge is -2.16. The highest BCUT2D eigenvalue weighted by Crippen LogP contribution is 2.31. The van der Waals surface area contributed by atoms with Gasteiger partial charge in [-0.05, 0) is 33.9 Å². The van der Waals surface area contributed by atoms with E-state index >= 15 is 0 Å². The fourth-order valence-corrected chi connectivity index (χ4v) is 3.97. The Hall–Kier alpha value is -3.18. The minimum Gasteiger partial charge on any atom is -0.293 e. The Morgan fingerprint density at radius 1 is 0.900 bits per heavy atom. The van der Waals surface area contributed by atoms with Crippen LogP contribution in [0.4, 0.5) is 0 Å². The summed E-state index contributed by atoms with van der Waals surface area (Å²) >= 11 is 0. The Morgan fingerprint density at radius 2 is 1.60 bits per heavy atom. The zero-order valence-corrected chi connectivity index (χ0v) is 17.9. The highest BCUT2D eigenvalue weighted by atomic mass is 16.1. The van der Waals surface area contributed by atoms with Crippen molar-refractivity contribution in [3.8, 4) is 6.07 Å². The number of rotatable bonds is 9. The molecule has 0 fully saturated rings. The standard InChI is InChI=1S/C28H29NO/c1-3-5-11-21(4-2)18-27(30)26(20-29)28(23-13-7-6-8-14-23)25-17-16-22-12-9-10-15-24(22)19-25/h6-10,12-17,19,21H,3-5,11,18H2,1-2H3. The van der Waals surface area contributed by atoms with E-state index in [-0.39, 0.29) is 11.4 Å². The van der Waals surface area contributed by atoms with Crippen LogP contribution in [-0.2, 0) is 4.79 Å². The van der Waals surface area contributed by atoms with Crippen molar-refractivity contribution < 1.29 is 4.79 Å². The van der Waals surface area contributed by atoms with Crippen molar-refractivity contribution in [3.63, 3.8) is 0 Å². The monoisotopic (exact) mass is 395 g/mol. The van der Waals surface area contributed by atoms with E-state index in [0.29, 0.717) is 12.3 Å². The van der Waals surface area contributed by atoms with Crippen molar-refractivity contribution >= 4 is 22.1 Å². The maximum atomic E-state index is 13.3. The van der Waals surface area contributed by atoms with E-state index in [4.69, 9.17) is 0 Å². The number of fused-ring (bicyclic) bond motifs is 1. The number of hydrogen-bond donors (Lipinski definition) is 0. The predicted octanol–water partition coefficient (Wildman–Crippen LogP) is 7.34. The summed E-state index contributed by atoms with van der Waals surface area (Å²) in [6, 6.07) is 26.4. The van der Waals surface area contributed by atoms with E-state index in [1.54, 1.807) is 0 Å². The third-order valence-corrected chi connectivity index (χ3v) is 5.76. The molecule has 0 heterocycles. The Balaban J connectivity index is 2.10. The lowest BCUT2D eigenvalue weighted by molar-refractivity contribution is -0.116. The largest absolute Gasteiger partial charge is 0.293 e. The number of hydrogen-bond acceptors (Lipinski definition) is 2. The fraction of sp³-hybridized carbons (Fsp3) is 0.286. The first-order valence-electron chi connectivity index (χ1n) is 10.9. The topological polar surface area (TPSA) is 40.9 Å². The molecule has 0 radical (unpaired) electrons. The number of nitriles is 1. The van der Waals surface area contributed by atoms with Crippen LogP contribution < -0.4 is 0 Å². The van der Waals surface area contributed by atoms with Gasteiger partial charge in [-0.1, -0.05) is 106 Å². The van der Waals surface area contributed by atoms with Crippen molar-refractivity contribution in [2.75, 3.05) is 0 Å². The van der Waals surface area contributed by atoms with Gasteiger partial charge >= 0.3 is 0 Å². The summed E-state index contributed by atoms with van der Waals surface area (Å²) < 4.78 is 0. The molecule has 0 spiro atoms. The molecule has 152 valence electrons. The molecular formula is C28H29NO. The van der Waals surface area contributed by atoms with Crippen LogP contribution in [0.1, 0.15) is 57.1 Å². The summed E-state index contributed by atoms with van der Waals surface area (Å²) in [5.74, 6) is 0.280. The first-order chi connectivity index (χ1) is 14.7. The normalized spacial score (nSPS) is 12.8. The van der Waals surface area contributed by atoms with E-state index in [2.05, 4.69) is 44.2 Å². The van der Waals surface area contributed by atoms with Crippen LogP contribution in [0.2, 0.25) is 0 Å². The van der Waals surface area contributed by atoms with Gasteiger partial charge in [-0.2, -0.15) is 5.26 Å². The number of ketones is 1. The van der Waals surface area contributed by atoms with E-state index in [0.717, 1.165) is 53.2 Å². The lowest BCUT2D eigenvalue weighted by atomic mass is 9.86. The van der Waals surface area contributed by atoms with Gasteiger partial charge in [0.2, 0.25) is 0 Å². The van der Waals surface area contributed by atoms with Crippen molar-refractivity contribution in [2.45, 2.75) is 46.0 Å². The molecular weight excluding hydrogens is 366 g/mol. The van der Waals surface area contributed by atoms with Crippen LogP contribution >= 0.6 is 0 Å². The van der Waals surface area contributed by atoms with E-state index < -0.39 is 0 Å². The molecule has 3 aromatic carbocycles. The molecule has 2 heteroatoms. The van der Waals surface area contributed by atoms with Crippen molar-refractivity contribution in [3.05, 3.63) is 89.5 Å². The molecule has 30 heavy (non-hydrogen) atoms. The zero-order valence-electron chi connectivity index (χ0n) is 17.9. The molecule has 0 saturated carbocycles. The number of carbonyl (C=O) groups is 1.